The summed E-state index contributed by atoms with van der Waals surface area (Å²) in [6.45, 7) is 1.55. The van der Waals surface area contributed by atoms with Crippen molar-refractivity contribution in [1.29, 1.82) is 0 Å². The second-order valence-corrected chi connectivity index (χ2v) is 4.96. The van der Waals surface area contributed by atoms with E-state index in [-0.39, 0.29) is 23.1 Å². The smallest absolute Gasteiger partial charge is 0.337 e. The number of hydrogen-bond donors (Lipinski definition) is 3. The molecule has 0 aromatic heterocycles. The number of carboxylic acid groups (broad SMARTS) is 1. The molecule has 102 valence electrons. The van der Waals surface area contributed by atoms with Crippen LogP contribution in [0.25, 0.3) is 0 Å². The molecule has 5 nitrogen and oxygen atoms in total. The highest BCUT2D eigenvalue weighted by Crippen LogP contribution is 2.22. The fourth-order valence-corrected chi connectivity index (χ4v) is 2.28. The zero-order valence-corrected chi connectivity index (χ0v) is 11.0. The molecule has 1 amide bonds. The van der Waals surface area contributed by atoms with Gasteiger partial charge < -0.3 is 15.7 Å². The van der Waals surface area contributed by atoms with E-state index in [0.29, 0.717) is 11.6 Å². The summed E-state index contributed by atoms with van der Waals surface area (Å²) in [4.78, 5) is 23.2. The van der Waals surface area contributed by atoms with Gasteiger partial charge in [-0.2, -0.15) is 0 Å². The van der Waals surface area contributed by atoms with Crippen molar-refractivity contribution in [2.45, 2.75) is 12.8 Å². The highest BCUT2D eigenvalue weighted by molar-refractivity contribution is 6.31. The van der Waals surface area contributed by atoms with Crippen LogP contribution in [-0.4, -0.2) is 30.1 Å². The Bertz CT molecular complexity index is 499. The molecule has 0 unspecified atom stereocenters. The molecular formula is C13H15ClN2O3. The van der Waals surface area contributed by atoms with E-state index in [2.05, 4.69) is 10.6 Å². The Morgan fingerprint density at radius 2 is 2.21 bits per heavy atom. The zero-order valence-electron chi connectivity index (χ0n) is 10.3. The first kappa shape index (κ1) is 13.8. The Balaban J connectivity index is 2.13. The van der Waals surface area contributed by atoms with Crippen LogP contribution in [0, 0.1) is 5.92 Å². The number of carbonyl (C=O) groups excluding carboxylic acids is 1. The molecule has 19 heavy (non-hydrogen) atoms. The van der Waals surface area contributed by atoms with Crippen molar-refractivity contribution < 1.29 is 14.7 Å². The lowest BCUT2D eigenvalue weighted by molar-refractivity contribution is -0.120. The Hall–Kier alpha value is -1.59. The van der Waals surface area contributed by atoms with Crippen molar-refractivity contribution in [1.82, 2.24) is 5.32 Å². The van der Waals surface area contributed by atoms with E-state index >= 15 is 0 Å². The minimum absolute atomic E-state index is 0.00428. The van der Waals surface area contributed by atoms with E-state index in [0.717, 1.165) is 19.4 Å². The average molecular weight is 283 g/mol. The number of amides is 1. The first-order valence-corrected chi connectivity index (χ1v) is 6.50. The molecule has 1 aliphatic heterocycles. The first-order chi connectivity index (χ1) is 9.08. The molecule has 2 rings (SSSR count). The summed E-state index contributed by atoms with van der Waals surface area (Å²) >= 11 is 5.76. The monoisotopic (exact) mass is 282 g/mol. The Labute approximate surface area is 116 Å². The summed E-state index contributed by atoms with van der Waals surface area (Å²) < 4.78 is 0. The molecule has 3 N–H and O–H groups in total. The van der Waals surface area contributed by atoms with Gasteiger partial charge in [0.15, 0.2) is 0 Å². The summed E-state index contributed by atoms with van der Waals surface area (Å²) in [7, 11) is 0. The van der Waals surface area contributed by atoms with E-state index in [1.54, 1.807) is 6.07 Å². The molecule has 1 saturated heterocycles. The zero-order chi connectivity index (χ0) is 13.8. The van der Waals surface area contributed by atoms with Gasteiger partial charge in [-0.3, -0.25) is 4.79 Å². The standard InChI is InChI=1S/C13H15ClN2O3/c14-9-3-4-11(10(6-9)13(18)19)16-12(17)8-2-1-5-15-7-8/h3-4,6,8,15H,1-2,5,7H2,(H,16,17)(H,18,19)/t8-/m0/s1. The number of benzene rings is 1. The predicted octanol–water partition coefficient (Wildman–Crippen LogP) is 1.98. The van der Waals surface area contributed by atoms with Gasteiger partial charge in [0.25, 0.3) is 0 Å². The van der Waals surface area contributed by atoms with Crippen molar-refractivity contribution in [3.05, 3.63) is 28.8 Å². The Morgan fingerprint density at radius 3 is 2.84 bits per heavy atom. The summed E-state index contributed by atoms with van der Waals surface area (Å²) in [6, 6.07) is 4.40. The molecule has 1 atom stereocenters. The number of carboxylic acids is 1. The minimum atomic E-state index is -1.11. The molecule has 1 heterocycles. The second kappa shape index (κ2) is 6.04. The number of carbonyl (C=O) groups is 2. The molecule has 0 bridgehead atoms. The van der Waals surface area contributed by atoms with Crippen molar-refractivity contribution in [2.24, 2.45) is 5.92 Å². The molecule has 0 aliphatic carbocycles. The van der Waals surface area contributed by atoms with E-state index < -0.39 is 5.97 Å². The van der Waals surface area contributed by atoms with Gasteiger partial charge in [-0.15, -0.1) is 0 Å². The van der Waals surface area contributed by atoms with Crippen LogP contribution in [0.2, 0.25) is 5.02 Å². The van der Waals surface area contributed by atoms with Gasteiger partial charge in [-0.05, 0) is 37.6 Å². The van der Waals surface area contributed by atoms with Crippen LogP contribution in [0.1, 0.15) is 23.2 Å². The fourth-order valence-electron chi connectivity index (χ4n) is 2.11. The summed E-state index contributed by atoms with van der Waals surface area (Å²) in [6.07, 6.45) is 1.76. The van der Waals surface area contributed by atoms with Crippen molar-refractivity contribution in [3.8, 4) is 0 Å². The van der Waals surface area contributed by atoms with Gasteiger partial charge >= 0.3 is 5.97 Å². The van der Waals surface area contributed by atoms with Gasteiger partial charge in [0.2, 0.25) is 5.91 Å². The van der Waals surface area contributed by atoms with Crippen molar-refractivity contribution in [2.75, 3.05) is 18.4 Å². The number of piperidine rings is 1. The third kappa shape index (κ3) is 3.45. The predicted molar refractivity (Wildman–Crippen MR) is 72.6 cm³/mol. The number of hydrogen-bond acceptors (Lipinski definition) is 3. The van der Waals surface area contributed by atoms with Gasteiger partial charge in [0, 0.05) is 11.6 Å². The number of nitrogens with one attached hydrogen (secondary N) is 2. The number of aromatic carboxylic acids is 1. The second-order valence-electron chi connectivity index (χ2n) is 4.53. The lowest BCUT2D eigenvalue weighted by Crippen LogP contribution is -2.37. The molecule has 1 fully saturated rings. The lowest BCUT2D eigenvalue weighted by Gasteiger charge is -2.22. The molecule has 0 saturated carbocycles. The van der Waals surface area contributed by atoms with Crippen LogP contribution in [0.4, 0.5) is 5.69 Å². The topological polar surface area (TPSA) is 78.4 Å². The third-order valence-electron chi connectivity index (χ3n) is 3.14. The van der Waals surface area contributed by atoms with Gasteiger partial charge in [0.05, 0.1) is 17.2 Å². The van der Waals surface area contributed by atoms with Crippen molar-refractivity contribution in [3.63, 3.8) is 0 Å². The lowest BCUT2D eigenvalue weighted by atomic mass is 9.98. The highest BCUT2D eigenvalue weighted by atomic mass is 35.5. The summed E-state index contributed by atoms with van der Waals surface area (Å²) in [5.74, 6) is -1.39. The van der Waals surface area contributed by atoms with Crippen LogP contribution in [0.3, 0.4) is 0 Å². The van der Waals surface area contributed by atoms with Crippen LogP contribution in [-0.2, 0) is 4.79 Å². The Kier molecular flexibility index (Phi) is 4.39. The maximum Gasteiger partial charge on any atom is 0.337 e. The molecule has 1 aromatic rings. The molecular weight excluding hydrogens is 268 g/mol. The van der Waals surface area contributed by atoms with Crippen LogP contribution < -0.4 is 10.6 Å². The SMILES string of the molecule is O=C(O)c1cc(Cl)ccc1NC(=O)[C@H]1CCCNC1. The van der Waals surface area contributed by atoms with Crippen LogP contribution in [0.15, 0.2) is 18.2 Å². The molecule has 0 spiro atoms. The largest absolute Gasteiger partial charge is 0.478 e. The molecule has 6 heteroatoms. The van der Waals surface area contributed by atoms with Crippen molar-refractivity contribution >= 4 is 29.2 Å². The summed E-state index contributed by atoms with van der Waals surface area (Å²) in [5.41, 5.74) is 0.289. The van der Waals surface area contributed by atoms with Crippen LogP contribution >= 0.6 is 11.6 Å². The van der Waals surface area contributed by atoms with Gasteiger partial charge in [-0.1, -0.05) is 11.6 Å². The normalized spacial score (nSPS) is 18.9. The van der Waals surface area contributed by atoms with E-state index in [1.807, 2.05) is 0 Å². The van der Waals surface area contributed by atoms with E-state index in [9.17, 15) is 9.59 Å². The fraction of sp³-hybridized carbons (Fsp3) is 0.385. The number of rotatable bonds is 3. The number of halogens is 1. The maximum atomic E-state index is 12.1. The third-order valence-corrected chi connectivity index (χ3v) is 3.37. The first-order valence-electron chi connectivity index (χ1n) is 6.12. The minimum Gasteiger partial charge on any atom is -0.478 e. The quantitative estimate of drug-likeness (QED) is 0.792. The van der Waals surface area contributed by atoms with Gasteiger partial charge in [0.1, 0.15) is 0 Å². The summed E-state index contributed by atoms with van der Waals surface area (Å²) in [5, 5.41) is 15.2. The van der Waals surface area contributed by atoms with Crippen LogP contribution in [0.5, 0.6) is 0 Å². The molecule has 0 radical (unpaired) electrons. The van der Waals surface area contributed by atoms with Gasteiger partial charge in [-0.25, -0.2) is 4.79 Å². The average Bonchev–Trinajstić information content (AvgIpc) is 2.41. The Morgan fingerprint density at radius 1 is 1.42 bits per heavy atom. The molecule has 1 aliphatic rings. The number of anilines is 1. The van der Waals surface area contributed by atoms with E-state index in [1.165, 1.54) is 12.1 Å². The molecule has 1 aromatic carbocycles. The van der Waals surface area contributed by atoms with E-state index in [4.69, 9.17) is 16.7 Å². The maximum absolute atomic E-state index is 12.1. The highest BCUT2D eigenvalue weighted by Gasteiger charge is 2.22.